The number of fused-ring (bicyclic) bond motifs is 1. The lowest BCUT2D eigenvalue weighted by atomic mass is 10.1. The van der Waals surface area contributed by atoms with Gasteiger partial charge in [-0.05, 0) is 23.8 Å². The highest BCUT2D eigenvalue weighted by atomic mass is 16.7. The molecule has 0 aliphatic carbocycles. The van der Waals surface area contributed by atoms with E-state index in [-0.39, 0.29) is 19.2 Å². The fraction of sp³-hybridized carbons (Fsp3) is 0.176. The van der Waals surface area contributed by atoms with Gasteiger partial charge in [0.15, 0.2) is 11.5 Å². The number of amides is 1. The van der Waals surface area contributed by atoms with E-state index in [0.29, 0.717) is 23.6 Å². The molecule has 0 atom stereocenters. The summed E-state index contributed by atoms with van der Waals surface area (Å²) in [6.07, 6.45) is 0. The van der Waals surface area contributed by atoms with Gasteiger partial charge in [-0.1, -0.05) is 30.3 Å². The van der Waals surface area contributed by atoms with Crippen LogP contribution in [0.2, 0.25) is 0 Å². The van der Waals surface area contributed by atoms with E-state index in [1.54, 1.807) is 18.2 Å². The van der Waals surface area contributed by atoms with Crippen LogP contribution in [0.4, 0.5) is 0 Å². The van der Waals surface area contributed by atoms with Gasteiger partial charge in [0.25, 0.3) is 5.91 Å². The largest absolute Gasteiger partial charge is 0.454 e. The van der Waals surface area contributed by atoms with Crippen molar-refractivity contribution in [3.8, 4) is 17.6 Å². The van der Waals surface area contributed by atoms with Crippen molar-refractivity contribution < 1.29 is 14.3 Å². The highest BCUT2D eigenvalue weighted by molar-refractivity contribution is 5.95. The molecule has 1 aliphatic rings. The van der Waals surface area contributed by atoms with Crippen molar-refractivity contribution in [3.05, 3.63) is 59.7 Å². The van der Waals surface area contributed by atoms with Gasteiger partial charge in [-0.15, -0.1) is 0 Å². The standard InChI is InChI=1S/C17H14N2O3/c18-8-9-19(11-13-4-2-1-3-5-13)17(20)14-6-7-15-16(10-14)22-12-21-15/h1-7,10H,9,11-12H2. The molecule has 1 amide bonds. The Balaban J connectivity index is 1.82. The van der Waals surface area contributed by atoms with Crippen LogP contribution in [0, 0.1) is 11.3 Å². The first-order valence-electron chi connectivity index (χ1n) is 6.88. The molecule has 1 aliphatic heterocycles. The molecule has 2 aromatic rings. The van der Waals surface area contributed by atoms with Crippen molar-refractivity contribution in [2.24, 2.45) is 0 Å². The van der Waals surface area contributed by atoms with Gasteiger partial charge in [0, 0.05) is 12.1 Å². The number of hydrogen-bond acceptors (Lipinski definition) is 4. The van der Waals surface area contributed by atoms with Crippen LogP contribution in [-0.4, -0.2) is 24.1 Å². The molecule has 0 fully saturated rings. The van der Waals surface area contributed by atoms with E-state index in [1.807, 2.05) is 36.4 Å². The highest BCUT2D eigenvalue weighted by Crippen LogP contribution is 2.32. The van der Waals surface area contributed by atoms with Gasteiger partial charge in [-0.3, -0.25) is 4.79 Å². The average molecular weight is 294 g/mol. The predicted octanol–water partition coefficient (Wildman–Crippen LogP) is 2.58. The maximum absolute atomic E-state index is 12.6. The molecule has 5 nitrogen and oxygen atoms in total. The van der Waals surface area contributed by atoms with Gasteiger partial charge < -0.3 is 14.4 Å². The predicted molar refractivity (Wildman–Crippen MR) is 79.4 cm³/mol. The second-order valence-electron chi connectivity index (χ2n) is 4.87. The molecule has 0 bridgehead atoms. The summed E-state index contributed by atoms with van der Waals surface area (Å²) in [5.41, 5.74) is 1.46. The van der Waals surface area contributed by atoms with Crippen LogP contribution in [0.5, 0.6) is 11.5 Å². The van der Waals surface area contributed by atoms with E-state index < -0.39 is 0 Å². The molecular formula is C17H14N2O3. The van der Waals surface area contributed by atoms with Crippen molar-refractivity contribution in [2.75, 3.05) is 13.3 Å². The lowest BCUT2D eigenvalue weighted by Gasteiger charge is -2.20. The zero-order chi connectivity index (χ0) is 15.4. The molecule has 22 heavy (non-hydrogen) atoms. The number of carbonyl (C=O) groups excluding carboxylic acids is 1. The lowest BCUT2D eigenvalue weighted by molar-refractivity contribution is 0.0764. The van der Waals surface area contributed by atoms with Gasteiger partial charge in [0.2, 0.25) is 6.79 Å². The quantitative estimate of drug-likeness (QED) is 0.813. The van der Waals surface area contributed by atoms with Crippen LogP contribution in [-0.2, 0) is 6.54 Å². The molecule has 0 N–H and O–H groups in total. The van der Waals surface area contributed by atoms with Gasteiger partial charge in [0.1, 0.15) is 6.54 Å². The van der Waals surface area contributed by atoms with Crippen LogP contribution < -0.4 is 9.47 Å². The fourth-order valence-corrected chi connectivity index (χ4v) is 2.30. The van der Waals surface area contributed by atoms with Crippen LogP contribution in [0.1, 0.15) is 15.9 Å². The monoisotopic (exact) mass is 294 g/mol. The Morgan fingerprint density at radius 3 is 2.68 bits per heavy atom. The Morgan fingerprint density at radius 2 is 1.91 bits per heavy atom. The summed E-state index contributed by atoms with van der Waals surface area (Å²) in [4.78, 5) is 14.1. The number of rotatable bonds is 4. The maximum Gasteiger partial charge on any atom is 0.255 e. The third-order valence-corrected chi connectivity index (χ3v) is 3.38. The van der Waals surface area contributed by atoms with E-state index in [4.69, 9.17) is 14.7 Å². The van der Waals surface area contributed by atoms with Crippen LogP contribution in [0.15, 0.2) is 48.5 Å². The molecular weight excluding hydrogens is 280 g/mol. The first-order chi connectivity index (χ1) is 10.8. The van der Waals surface area contributed by atoms with E-state index >= 15 is 0 Å². The molecule has 3 rings (SSSR count). The molecule has 1 heterocycles. The van der Waals surface area contributed by atoms with Gasteiger partial charge in [0.05, 0.1) is 6.07 Å². The van der Waals surface area contributed by atoms with E-state index in [9.17, 15) is 4.79 Å². The Kier molecular flexibility index (Phi) is 3.92. The minimum Gasteiger partial charge on any atom is -0.454 e. The summed E-state index contributed by atoms with van der Waals surface area (Å²) in [5, 5.41) is 8.98. The molecule has 2 aromatic carbocycles. The molecule has 5 heteroatoms. The first kappa shape index (κ1) is 14.0. The van der Waals surface area contributed by atoms with Crippen molar-refractivity contribution in [1.82, 2.24) is 4.90 Å². The van der Waals surface area contributed by atoms with Crippen molar-refractivity contribution >= 4 is 5.91 Å². The number of nitrogens with zero attached hydrogens (tertiary/aromatic N) is 2. The average Bonchev–Trinajstić information content (AvgIpc) is 3.02. The molecule has 0 radical (unpaired) electrons. The third-order valence-electron chi connectivity index (χ3n) is 3.38. The molecule has 0 unspecified atom stereocenters. The number of nitriles is 1. The van der Waals surface area contributed by atoms with Crippen molar-refractivity contribution in [1.29, 1.82) is 5.26 Å². The summed E-state index contributed by atoms with van der Waals surface area (Å²) in [6.45, 7) is 0.586. The summed E-state index contributed by atoms with van der Waals surface area (Å²) in [5.74, 6) is 0.984. The van der Waals surface area contributed by atoms with Crippen LogP contribution in [0.25, 0.3) is 0 Å². The first-order valence-corrected chi connectivity index (χ1v) is 6.88. The van der Waals surface area contributed by atoms with Crippen LogP contribution in [0.3, 0.4) is 0 Å². The molecule has 110 valence electrons. The minimum absolute atomic E-state index is 0.0299. The van der Waals surface area contributed by atoms with Crippen molar-refractivity contribution in [2.45, 2.75) is 6.54 Å². The number of hydrogen-bond donors (Lipinski definition) is 0. The number of carbonyl (C=O) groups is 1. The van der Waals surface area contributed by atoms with Gasteiger partial charge >= 0.3 is 0 Å². The zero-order valence-electron chi connectivity index (χ0n) is 11.9. The molecule has 0 saturated carbocycles. The summed E-state index contributed by atoms with van der Waals surface area (Å²) in [7, 11) is 0. The van der Waals surface area contributed by atoms with Gasteiger partial charge in [-0.2, -0.15) is 5.26 Å². The molecule has 0 saturated heterocycles. The van der Waals surface area contributed by atoms with Crippen molar-refractivity contribution in [3.63, 3.8) is 0 Å². The minimum atomic E-state index is -0.205. The summed E-state index contributed by atoms with van der Waals surface area (Å²) >= 11 is 0. The maximum atomic E-state index is 12.6. The Hall–Kier alpha value is -3.00. The fourth-order valence-electron chi connectivity index (χ4n) is 2.30. The second kappa shape index (κ2) is 6.19. The summed E-state index contributed by atoms with van der Waals surface area (Å²) in [6, 6.07) is 16.7. The second-order valence-corrected chi connectivity index (χ2v) is 4.87. The van der Waals surface area contributed by atoms with E-state index in [0.717, 1.165) is 5.56 Å². The zero-order valence-corrected chi connectivity index (χ0v) is 11.9. The van der Waals surface area contributed by atoms with Crippen LogP contribution >= 0.6 is 0 Å². The Morgan fingerprint density at radius 1 is 1.14 bits per heavy atom. The highest BCUT2D eigenvalue weighted by Gasteiger charge is 2.20. The lowest BCUT2D eigenvalue weighted by Crippen LogP contribution is -2.30. The number of ether oxygens (including phenoxy) is 2. The Bertz CT molecular complexity index is 722. The van der Waals surface area contributed by atoms with Gasteiger partial charge in [-0.25, -0.2) is 0 Å². The normalized spacial score (nSPS) is 11.8. The topological polar surface area (TPSA) is 62.6 Å². The molecule has 0 spiro atoms. The summed E-state index contributed by atoms with van der Waals surface area (Å²) < 4.78 is 10.5. The number of benzene rings is 2. The van der Waals surface area contributed by atoms with E-state index in [1.165, 1.54) is 4.90 Å². The Labute approximate surface area is 128 Å². The third kappa shape index (κ3) is 2.86. The SMILES string of the molecule is N#CCN(Cc1ccccc1)C(=O)c1ccc2c(c1)OCO2. The molecule has 0 aromatic heterocycles. The van der Waals surface area contributed by atoms with E-state index in [2.05, 4.69) is 0 Å². The smallest absolute Gasteiger partial charge is 0.255 e.